The molecule has 0 saturated heterocycles. The molecule has 132 valence electrons. The molecule has 0 spiro atoms. The van der Waals surface area contributed by atoms with Crippen molar-refractivity contribution in [3.63, 3.8) is 0 Å². The molecule has 0 heterocycles. The first-order chi connectivity index (χ1) is 11.9. The first-order valence-corrected chi connectivity index (χ1v) is 11.9. The summed E-state index contributed by atoms with van der Waals surface area (Å²) in [7, 11) is 1.86. The molecule has 0 fully saturated rings. The van der Waals surface area contributed by atoms with E-state index >= 15 is 0 Å². The summed E-state index contributed by atoms with van der Waals surface area (Å²) in [6.07, 6.45) is 0. The van der Waals surface area contributed by atoms with Crippen molar-refractivity contribution < 1.29 is 53.1 Å². The summed E-state index contributed by atoms with van der Waals surface area (Å²) in [5, 5.41) is 0. The summed E-state index contributed by atoms with van der Waals surface area (Å²) in [4.78, 5) is 0. The second-order valence-electron chi connectivity index (χ2n) is 5.05. The van der Waals surface area contributed by atoms with E-state index in [0.29, 0.717) is 0 Å². The molecule has 0 nitrogen and oxygen atoms in total. The van der Waals surface area contributed by atoms with E-state index in [1.54, 1.807) is 0 Å². The van der Waals surface area contributed by atoms with Crippen LogP contribution in [0.3, 0.4) is 0 Å². The molecule has 26 heavy (non-hydrogen) atoms. The van der Waals surface area contributed by atoms with Crippen LogP contribution in [0, 0.1) is 0 Å². The first kappa shape index (κ1) is 25.0. The average molecular weight is 520 g/mol. The average Bonchev–Trinajstić information content (AvgIpc) is 3.39. The van der Waals surface area contributed by atoms with Gasteiger partial charge in [-0.25, -0.2) is 12.1 Å². The minimum atomic E-state index is 0. The molecule has 0 aliphatic carbocycles. The third kappa shape index (κ3) is 7.73. The predicted molar refractivity (Wildman–Crippen MR) is 103 cm³/mol. The minimum Gasteiger partial charge on any atom is -0.214 e. The summed E-state index contributed by atoms with van der Waals surface area (Å²) in [6, 6.07) is 37.5. The van der Waals surface area contributed by atoms with Gasteiger partial charge >= 0.3 is 26.8 Å². The van der Waals surface area contributed by atoms with Gasteiger partial charge in [-0.3, -0.25) is 0 Å². The van der Waals surface area contributed by atoms with E-state index in [4.69, 9.17) is 0 Å². The number of hydrogen-bond acceptors (Lipinski definition) is 0. The normalized spacial score (nSPS) is 8.54. The van der Waals surface area contributed by atoms with Crippen molar-refractivity contribution in [2.24, 2.45) is 0 Å². The standard InChI is InChI=1S/C17H13.C5H5.2BrH.H2Si.Ti/c1-3-8-14(9-4-1)16-12-7-13-17(16)15-10-5-2-6-11-15;1-2-4-5-3-1;;;;/h1-13H;1-5H;2*1H;1H2;/q2*-1;;;;+2/p-2. The zero-order valence-corrected chi connectivity index (χ0v) is 20.5. The maximum Gasteiger partial charge on any atom is -0.0633 e. The van der Waals surface area contributed by atoms with Crippen LogP contribution < -0.4 is 34.0 Å². The number of hydrogen-bond donors (Lipinski definition) is 0. The van der Waals surface area contributed by atoms with Crippen molar-refractivity contribution in [3.05, 3.63) is 109 Å². The van der Waals surface area contributed by atoms with Gasteiger partial charge in [0.05, 0.1) is 0 Å². The van der Waals surface area contributed by atoms with E-state index in [9.17, 15) is 0 Å². The maximum absolute atomic E-state index is 2.18. The van der Waals surface area contributed by atoms with Crippen molar-refractivity contribution >= 4 is 7.63 Å². The van der Waals surface area contributed by atoms with E-state index in [2.05, 4.69) is 78.9 Å². The van der Waals surface area contributed by atoms with Crippen molar-refractivity contribution in [1.29, 1.82) is 0 Å². The Hall–Kier alpha value is -0.969. The smallest absolute Gasteiger partial charge is 0.0633 e. The van der Waals surface area contributed by atoms with Crippen LogP contribution in [-0.2, 0) is 19.2 Å². The fraction of sp³-hybridized carbons (Fsp3) is 0. The maximum atomic E-state index is 2.18. The molecule has 0 atom stereocenters. The largest absolute Gasteiger partial charge is 0.214 e. The van der Waals surface area contributed by atoms with Gasteiger partial charge in [0.25, 0.3) is 0 Å². The molecule has 0 radical (unpaired) electrons. The Bertz CT molecular complexity index is 725. The van der Waals surface area contributed by atoms with Gasteiger partial charge in [-0.2, -0.15) is 18.2 Å². The second-order valence-corrected chi connectivity index (χ2v) is 5.05. The first-order valence-electron chi connectivity index (χ1n) is 7.84. The van der Waals surface area contributed by atoms with Crippen LogP contribution in [0.2, 0.25) is 0 Å². The molecule has 0 unspecified atom stereocenters. The summed E-state index contributed by atoms with van der Waals surface area (Å²) in [5.74, 6) is 0. The van der Waals surface area contributed by atoms with Crippen LogP contribution in [0.15, 0.2) is 109 Å². The summed E-state index contributed by atoms with van der Waals surface area (Å²) >= 11 is 2.03. The van der Waals surface area contributed by atoms with E-state index in [1.165, 1.54) is 22.3 Å². The Morgan fingerprint density at radius 1 is 0.654 bits per heavy atom. The Morgan fingerprint density at radius 2 is 1.19 bits per heavy atom. The van der Waals surface area contributed by atoms with Crippen LogP contribution in [0.25, 0.3) is 22.3 Å². The van der Waals surface area contributed by atoms with E-state index in [1.807, 2.05) is 57.1 Å². The van der Waals surface area contributed by atoms with Crippen molar-refractivity contribution in [3.8, 4) is 22.3 Å². The second kappa shape index (κ2) is 15.1. The van der Waals surface area contributed by atoms with Gasteiger partial charge in [-0.1, -0.05) is 65.2 Å². The van der Waals surface area contributed by atoms with Gasteiger partial charge in [0.15, 0.2) is 0 Å². The number of rotatable bonds is 2. The monoisotopic (exact) mass is 518 g/mol. The SMILES string of the molecule is [Br-].[Br-].[SiH2]=[Ti+2].c1cc[cH-]c1.c1ccc(-c2ccc[c-]2-c2ccccc2)cc1. The van der Waals surface area contributed by atoms with Crippen LogP contribution in [0.1, 0.15) is 0 Å². The zero-order chi connectivity index (χ0) is 17.0. The molecular weight excluding hydrogens is 500 g/mol. The molecule has 0 N–H and O–H groups in total. The van der Waals surface area contributed by atoms with Crippen LogP contribution >= 0.6 is 0 Å². The van der Waals surface area contributed by atoms with Gasteiger partial charge in [0.1, 0.15) is 0 Å². The van der Waals surface area contributed by atoms with Crippen LogP contribution in [0.4, 0.5) is 0 Å². The van der Waals surface area contributed by atoms with Crippen molar-refractivity contribution in [2.45, 2.75) is 0 Å². The van der Waals surface area contributed by atoms with Gasteiger partial charge in [0, 0.05) is 0 Å². The topological polar surface area (TPSA) is 0 Å². The van der Waals surface area contributed by atoms with Gasteiger partial charge < -0.3 is 34.0 Å². The Kier molecular flexibility index (Phi) is 14.6. The number of halogens is 2. The summed E-state index contributed by atoms with van der Waals surface area (Å²) < 4.78 is 0. The third-order valence-corrected chi connectivity index (χ3v) is 3.54. The fourth-order valence-corrected chi connectivity index (χ4v) is 2.48. The number of benzene rings is 2. The molecule has 4 aromatic carbocycles. The Morgan fingerprint density at radius 3 is 1.69 bits per heavy atom. The minimum absolute atomic E-state index is 0. The molecule has 0 aliphatic heterocycles. The van der Waals surface area contributed by atoms with Crippen molar-refractivity contribution in [2.75, 3.05) is 0 Å². The van der Waals surface area contributed by atoms with Crippen LogP contribution in [-0.4, -0.2) is 7.63 Å². The fourth-order valence-electron chi connectivity index (χ4n) is 2.48. The summed E-state index contributed by atoms with van der Waals surface area (Å²) in [5.41, 5.74) is 5.15. The molecule has 0 saturated carbocycles. The molecule has 0 amide bonds. The van der Waals surface area contributed by atoms with Gasteiger partial charge in [-0.05, 0) is 0 Å². The molecule has 4 rings (SSSR count). The van der Waals surface area contributed by atoms with Gasteiger partial charge in [0.2, 0.25) is 0 Å². The van der Waals surface area contributed by atoms with Gasteiger partial charge in [-0.15, -0.1) is 35.9 Å². The Labute approximate surface area is 191 Å². The molecular formula is C22H20Br2SiTi-2. The molecule has 4 aromatic rings. The molecule has 0 aromatic heterocycles. The molecule has 0 aliphatic rings. The summed E-state index contributed by atoms with van der Waals surface area (Å²) in [6.45, 7) is 0. The van der Waals surface area contributed by atoms with E-state index in [-0.39, 0.29) is 34.0 Å². The molecule has 0 bridgehead atoms. The third-order valence-electron chi connectivity index (χ3n) is 3.54. The van der Waals surface area contributed by atoms with Crippen molar-refractivity contribution in [1.82, 2.24) is 0 Å². The predicted octanol–water partition coefficient (Wildman–Crippen LogP) is -0.766. The quantitative estimate of drug-likeness (QED) is 0.241. The Balaban J connectivity index is 0.000000598. The zero-order valence-electron chi connectivity index (χ0n) is 14.4. The molecule has 4 heteroatoms. The van der Waals surface area contributed by atoms with E-state index in [0.717, 1.165) is 0 Å². The van der Waals surface area contributed by atoms with Crippen LogP contribution in [0.5, 0.6) is 0 Å². The van der Waals surface area contributed by atoms with E-state index < -0.39 is 0 Å².